The molecule has 0 fully saturated rings. The number of nitrogens with zero attached hydrogens (tertiary/aromatic N) is 2. The fourth-order valence-corrected chi connectivity index (χ4v) is 3.30. The van der Waals surface area contributed by atoms with Gasteiger partial charge >= 0.3 is 5.97 Å². The van der Waals surface area contributed by atoms with Gasteiger partial charge in [0.05, 0.1) is 0 Å². The number of amides is 1. The molecule has 0 spiro atoms. The van der Waals surface area contributed by atoms with E-state index >= 15 is 0 Å². The van der Waals surface area contributed by atoms with Crippen molar-refractivity contribution in [3.05, 3.63) is 75.7 Å². The van der Waals surface area contributed by atoms with Crippen LogP contribution >= 0.6 is 0 Å². The SMILES string of the molecule is C/C=C(/C)c1cc(Cc2ccccc2)c(=O)n(CC(=O)N[C@@H](CCCN=C(N)N)C(=O)O)c1. The molecule has 0 aliphatic carbocycles. The molecule has 1 atom stereocenters. The standard InChI is InChI=1S/C24H31N5O4/c1-3-16(2)19-13-18(12-17-8-5-4-6-9-17)22(31)29(14-19)15-21(30)28-20(23(32)33)10-7-11-27-24(25)26/h3-6,8-9,13-14,20H,7,10-12,15H2,1-2H3,(H,28,30)(H,32,33)(H4,25,26,27)/b16-3-/t20-/m0/s1. The van der Waals surface area contributed by atoms with Gasteiger partial charge in [0.2, 0.25) is 5.91 Å². The lowest BCUT2D eigenvalue weighted by Crippen LogP contribution is -2.43. The van der Waals surface area contributed by atoms with Crippen LogP contribution in [-0.4, -0.2) is 40.1 Å². The monoisotopic (exact) mass is 453 g/mol. The zero-order chi connectivity index (χ0) is 24.4. The number of nitrogens with one attached hydrogen (secondary N) is 1. The number of allylic oxidation sites excluding steroid dienone is 2. The summed E-state index contributed by atoms with van der Waals surface area (Å²) in [5.74, 6) is -1.80. The Labute approximate surface area is 192 Å². The molecule has 2 rings (SSSR count). The molecule has 2 aromatic rings. The molecule has 1 aromatic carbocycles. The first kappa shape index (κ1) is 25.4. The van der Waals surface area contributed by atoms with E-state index in [4.69, 9.17) is 11.5 Å². The van der Waals surface area contributed by atoms with Crippen LogP contribution in [0.25, 0.3) is 5.57 Å². The molecule has 33 heavy (non-hydrogen) atoms. The topological polar surface area (TPSA) is 153 Å². The molecule has 1 amide bonds. The van der Waals surface area contributed by atoms with Crippen molar-refractivity contribution < 1.29 is 14.7 Å². The van der Waals surface area contributed by atoms with E-state index in [1.54, 1.807) is 6.20 Å². The van der Waals surface area contributed by atoms with E-state index in [0.29, 0.717) is 18.4 Å². The van der Waals surface area contributed by atoms with E-state index in [2.05, 4.69) is 10.3 Å². The van der Waals surface area contributed by atoms with Crippen molar-refractivity contribution in [2.45, 2.75) is 45.7 Å². The minimum absolute atomic E-state index is 0.0760. The largest absolute Gasteiger partial charge is 0.480 e. The number of carboxylic acids is 1. The number of carbonyl (C=O) groups is 2. The first-order valence-electron chi connectivity index (χ1n) is 10.7. The van der Waals surface area contributed by atoms with Gasteiger partial charge in [-0.25, -0.2) is 4.79 Å². The number of aliphatic carboxylic acids is 1. The van der Waals surface area contributed by atoms with Crippen molar-refractivity contribution in [1.82, 2.24) is 9.88 Å². The van der Waals surface area contributed by atoms with Crippen LogP contribution in [0, 0.1) is 0 Å². The third-order valence-electron chi connectivity index (χ3n) is 5.18. The van der Waals surface area contributed by atoms with Gasteiger partial charge in [-0.1, -0.05) is 36.4 Å². The van der Waals surface area contributed by atoms with Crippen molar-refractivity contribution in [3.63, 3.8) is 0 Å². The molecule has 0 aliphatic rings. The van der Waals surface area contributed by atoms with Crippen molar-refractivity contribution in [3.8, 4) is 0 Å². The molecule has 0 unspecified atom stereocenters. The summed E-state index contributed by atoms with van der Waals surface area (Å²) in [6, 6.07) is 10.3. The van der Waals surface area contributed by atoms with Gasteiger partial charge in [0.25, 0.3) is 5.56 Å². The minimum atomic E-state index is -1.16. The summed E-state index contributed by atoms with van der Waals surface area (Å²) in [6.45, 7) is 3.79. The molecule has 0 aliphatic heterocycles. The van der Waals surface area contributed by atoms with Crippen LogP contribution in [0.4, 0.5) is 0 Å². The van der Waals surface area contributed by atoms with Gasteiger partial charge in [0.15, 0.2) is 5.96 Å². The molecule has 0 saturated carbocycles. The van der Waals surface area contributed by atoms with E-state index in [-0.39, 0.29) is 31.0 Å². The van der Waals surface area contributed by atoms with Gasteiger partial charge in [0.1, 0.15) is 12.6 Å². The molecule has 0 radical (unpaired) electrons. The van der Waals surface area contributed by atoms with Gasteiger partial charge in [-0.05, 0) is 49.5 Å². The van der Waals surface area contributed by atoms with E-state index < -0.39 is 17.9 Å². The molecule has 0 saturated heterocycles. The molecule has 9 nitrogen and oxygen atoms in total. The maximum absolute atomic E-state index is 13.1. The lowest BCUT2D eigenvalue weighted by molar-refractivity contribution is -0.142. The minimum Gasteiger partial charge on any atom is -0.480 e. The second-order valence-corrected chi connectivity index (χ2v) is 7.73. The predicted molar refractivity (Wildman–Crippen MR) is 129 cm³/mol. The number of benzene rings is 1. The maximum atomic E-state index is 13.1. The van der Waals surface area contributed by atoms with E-state index in [9.17, 15) is 19.5 Å². The summed E-state index contributed by atoms with van der Waals surface area (Å²) in [7, 11) is 0. The molecular formula is C24H31N5O4. The Balaban J connectivity index is 2.22. The summed E-state index contributed by atoms with van der Waals surface area (Å²) in [4.78, 5) is 41.1. The molecule has 6 N–H and O–H groups in total. The van der Waals surface area contributed by atoms with Crippen LogP contribution in [0.5, 0.6) is 0 Å². The molecule has 1 heterocycles. The number of carbonyl (C=O) groups excluding carboxylic acids is 1. The summed E-state index contributed by atoms with van der Waals surface area (Å²) < 4.78 is 1.33. The summed E-state index contributed by atoms with van der Waals surface area (Å²) in [6.07, 6.45) is 4.51. The fourth-order valence-electron chi connectivity index (χ4n) is 3.30. The second-order valence-electron chi connectivity index (χ2n) is 7.73. The van der Waals surface area contributed by atoms with Crippen LogP contribution in [0.1, 0.15) is 43.4 Å². The highest BCUT2D eigenvalue weighted by atomic mass is 16.4. The Morgan fingerprint density at radius 2 is 1.94 bits per heavy atom. The number of hydrogen-bond donors (Lipinski definition) is 4. The molecule has 1 aromatic heterocycles. The highest BCUT2D eigenvalue weighted by Gasteiger charge is 2.20. The predicted octanol–water partition coefficient (Wildman–Crippen LogP) is 1.49. The van der Waals surface area contributed by atoms with E-state index in [0.717, 1.165) is 16.7 Å². The van der Waals surface area contributed by atoms with Crippen LogP contribution in [0.15, 0.2) is 58.5 Å². The number of nitrogens with two attached hydrogens (primary N) is 2. The second kappa shape index (κ2) is 12.2. The quantitative estimate of drug-likeness (QED) is 0.230. The molecule has 176 valence electrons. The van der Waals surface area contributed by atoms with Gasteiger partial charge in [-0.2, -0.15) is 0 Å². The van der Waals surface area contributed by atoms with Gasteiger partial charge < -0.3 is 26.5 Å². The Morgan fingerprint density at radius 1 is 1.24 bits per heavy atom. The van der Waals surface area contributed by atoms with E-state index in [1.165, 1.54) is 4.57 Å². The highest BCUT2D eigenvalue weighted by molar-refractivity contribution is 5.83. The lowest BCUT2D eigenvalue weighted by atomic mass is 10.0. The van der Waals surface area contributed by atoms with Gasteiger partial charge in [-0.15, -0.1) is 0 Å². The van der Waals surface area contributed by atoms with Crippen LogP contribution < -0.4 is 22.3 Å². The highest BCUT2D eigenvalue weighted by Crippen LogP contribution is 2.15. The Hall–Kier alpha value is -3.88. The number of carboxylic acid groups (broad SMARTS) is 1. The Morgan fingerprint density at radius 3 is 2.55 bits per heavy atom. The summed E-state index contributed by atoms with van der Waals surface area (Å²) >= 11 is 0. The average molecular weight is 454 g/mol. The first-order chi connectivity index (χ1) is 15.7. The number of guanidine groups is 1. The number of aliphatic imine (C=N–C) groups is 1. The Bertz CT molecular complexity index is 1090. The van der Waals surface area contributed by atoms with Crippen molar-refractivity contribution >= 4 is 23.4 Å². The average Bonchev–Trinajstić information content (AvgIpc) is 2.78. The van der Waals surface area contributed by atoms with Crippen molar-refractivity contribution in [2.75, 3.05) is 6.54 Å². The molecular weight excluding hydrogens is 422 g/mol. The maximum Gasteiger partial charge on any atom is 0.326 e. The van der Waals surface area contributed by atoms with Crippen LogP contribution in [0.2, 0.25) is 0 Å². The number of aromatic nitrogens is 1. The third-order valence-corrected chi connectivity index (χ3v) is 5.18. The van der Waals surface area contributed by atoms with Crippen LogP contribution in [0.3, 0.4) is 0 Å². The summed E-state index contributed by atoms with van der Waals surface area (Å²) in [5.41, 5.74) is 13.5. The van der Waals surface area contributed by atoms with E-state index in [1.807, 2.05) is 56.3 Å². The smallest absolute Gasteiger partial charge is 0.326 e. The number of rotatable bonds is 11. The molecule has 0 bridgehead atoms. The molecule has 9 heteroatoms. The fraction of sp³-hybridized carbons (Fsp3) is 0.333. The Kier molecular flexibility index (Phi) is 9.41. The zero-order valence-corrected chi connectivity index (χ0v) is 19.0. The van der Waals surface area contributed by atoms with Gasteiger partial charge in [-0.3, -0.25) is 14.6 Å². The number of hydrogen-bond acceptors (Lipinski definition) is 4. The lowest BCUT2D eigenvalue weighted by Gasteiger charge is -2.16. The van der Waals surface area contributed by atoms with Crippen LogP contribution in [-0.2, 0) is 22.6 Å². The van der Waals surface area contributed by atoms with Gasteiger partial charge in [0, 0.05) is 24.7 Å². The number of pyridine rings is 1. The van der Waals surface area contributed by atoms with Crippen molar-refractivity contribution in [1.29, 1.82) is 0 Å². The summed E-state index contributed by atoms with van der Waals surface area (Å²) in [5, 5.41) is 11.9. The normalized spacial score (nSPS) is 12.1. The first-order valence-corrected chi connectivity index (χ1v) is 10.7. The third kappa shape index (κ3) is 7.95. The zero-order valence-electron chi connectivity index (χ0n) is 19.0. The van der Waals surface area contributed by atoms with Crippen molar-refractivity contribution in [2.24, 2.45) is 16.5 Å².